The fraction of sp³-hybridized carbons (Fsp3) is 0.929. The van der Waals surface area contributed by atoms with Crippen LogP contribution in [0.2, 0.25) is 0 Å². The zero-order chi connectivity index (χ0) is 12.1. The van der Waals surface area contributed by atoms with E-state index in [1.165, 1.54) is 43.7 Å². The van der Waals surface area contributed by atoms with E-state index in [1.54, 1.807) is 0 Å². The van der Waals surface area contributed by atoms with Crippen molar-refractivity contribution >= 4 is 16.9 Å². The molecule has 1 fully saturated rings. The molecular formula is C14H26N2S. The molecule has 1 saturated carbocycles. The van der Waals surface area contributed by atoms with Crippen LogP contribution in [0.15, 0.2) is 4.99 Å². The third kappa shape index (κ3) is 4.53. The highest BCUT2D eigenvalue weighted by molar-refractivity contribution is 8.14. The van der Waals surface area contributed by atoms with Crippen LogP contribution in [0.1, 0.15) is 52.4 Å². The Labute approximate surface area is 110 Å². The van der Waals surface area contributed by atoms with Crippen LogP contribution in [-0.4, -0.2) is 23.5 Å². The Morgan fingerprint density at radius 1 is 1.29 bits per heavy atom. The number of aliphatic imine (C=N–C) groups is 1. The van der Waals surface area contributed by atoms with Crippen LogP contribution in [0.5, 0.6) is 0 Å². The van der Waals surface area contributed by atoms with Gasteiger partial charge in [-0.15, -0.1) is 0 Å². The zero-order valence-electron chi connectivity index (χ0n) is 11.2. The number of nitrogens with one attached hydrogen (secondary N) is 1. The molecule has 1 N–H and O–H groups in total. The van der Waals surface area contributed by atoms with E-state index >= 15 is 0 Å². The summed E-state index contributed by atoms with van der Waals surface area (Å²) in [5.41, 5.74) is 0. The van der Waals surface area contributed by atoms with Gasteiger partial charge in [-0.3, -0.25) is 4.99 Å². The molecule has 0 amide bonds. The summed E-state index contributed by atoms with van der Waals surface area (Å²) in [6.45, 7) is 6.78. The molecule has 1 aliphatic heterocycles. The molecule has 0 spiro atoms. The van der Waals surface area contributed by atoms with E-state index in [0.29, 0.717) is 0 Å². The maximum absolute atomic E-state index is 4.62. The fourth-order valence-electron chi connectivity index (χ4n) is 2.79. The van der Waals surface area contributed by atoms with Gasteiger partial charge in [0.15, 0.2) is 5.17 Å². The van der Waals surface area contributed by atoms with Crippen molar-refractivity contribution < 1.29 is 0 Å². The lowest BCUT2D eigenvalue weighted by atomic mass is 9.89. The third-order valence-corrected chi connectivity index (χ3v) is 4.89. The average molecular weight is 254 g/mol. The smallest absolute Gasteiger partial charge is 0.156 e. The first-order valence-corrected chi connectivity index (χ1v) is 8.07. The van der Waals surface area contributed by atoms with E-state index in [-0.39, 0.29) is 0 Å². The predicted octanol–water partition coefficient (Wildman–Crippen LogP) is 3.67. The van der Waals surface area contributed by atoms with Crippen LogP contribution in [0.3, 0.4) is 0 Å². The van der Waals surface area contributed by atoms with Gasteiger partial charge in [-0.25, -0.2) is 0 Å². The van der Waals surface area contributed by atoms with E-state index in [9.17, 15) is 0 Å². The van der Waals surface area contributed by atoms with Gasteiger partial charge in [-0.1, -0.05) is 44.9 Å². The van der Waals surface area contributed by atoms with Crippen LogP contribution >= 0.6 is 11.8 Å². The summed E-state index contributed by atoms with van der Waals surface area (Å²) in [6.07, 6.45) is 8.44. The topological polar surface area (TPSA) is 24.4 Å². The average Bonchev–Trinajstić information content (AvgIpc) is 2.75. The largest absolute Gasteiger partial charge is 0.365 e. The molecule has 1 atom stereocenters. The summed E-state index contributed by atoms with van der Waals surface area (Å²) in [4.78, 5) is 4.62. The van der Waals surface area contributed by atoms with Gasteiger partial charge in [-0.2, -0.15) is 0 Å². The number of hydrogen-bond acceptors (Lipinski definition) is 3. The van der Waals surface area contributed by atoms with Crippen LogP contribution in [0, 0.1) is 11.8 Å². The number of nitrogens with zero attached hydrogens (tertiary/aromatic N) is 1. The van der Waals surface area contributed by atoms with E-state index in [1.807, 2.05) is 11.8 Å². The number of rotatable bonds is 4. The van der Waals surface area contributed by atoms with Crippen LogP contribution < -0.4 is 5.32 Å². The Morgan fingerprint density at radius 3 is 2.76 bits per heavy atom. The molecule has 17 heavy (non-hydrogen) atoms. The summed E-state index contributed by atoms with van der Waals surface area (Å²) in [5.74, 6) is 1.69. The Balaban J connectivity index is 1.63. The SMILES string of the molecule is CC(C)CC1CN=C(NCC2CCCCC2)S1. The van der Waals surface area contributed by atoms with E-state index in [0.717, 1.165) is 30.2 Å². The molecule has 3 heteroatoms. The molecule has 0 aromatic carbocycles. The summed E-state index contributed by atoms with van der Waals surface area (Å²) in [5, 5.41) is 5.50. The first-order chi connectivity index (χ1) is 8.24. The number of hydrogen-bond donors (Lipinski definition) is 1. The lowest BCUT2D eigenvalue weighted by molar-refractivity contribution is 0.357. The molecule has 0 saturated heterocycles. The Hall–Kier alpha value is -0.180. The summed E-state index contributed by atoms with van der Waals surface area (Å²) in [6, 6.07) is 0. The van der Waals surface area contributed by atoms with Gasteiger partial charge in [0.2, 0.25) is 0 Å². The summed E-state index contributed by atoms with van der Waals surface area (Å²) >= 11 is 1.97. The van der Waals surface area contributed by atoms with Crippen molar-refractivity contribution in [3.8, 4) is 0 Å². The van der Waals surface area contributed by atoms with E-state index < -0.39 is 0 Å². The van der Waals surface area contributed by atoms with Gasteiger partial charge in [-0.05, 0) is 31.1 Å². The van der Waals surface area contributed by atoms with Crippen molar-refractivity contribution in [1.29, 1.82) is 0 Å². The Bertz CT molecular complexity index is 257. The van der Waals surface area contributed by atoms with Crippen molar-refractivity contribution in [3.05, 3.63) is 0 Å². The molecule has 98 valence electrons. The molecule has 0 bridgehead atoms. The van der Waals surface area contributed by atoms with Crippen molar-refractivity contribution in [2.45, 2.75) is 57.6 Å². The van der Waals surface area contributed by atoms with Crippen LogP contribution in [0.4, 0.5) is 0 Å². The molecule has 2 nitrogen and oxygen atoms in total. The lowest BCUT2D eigenvalue weighted by Gasteiger charge is -2.22. The summed E-state index contributed by atoms with van der Waals surface area (Å²) < 4.78 is 0. The third-order valence-electron chi connectivity index (χ3n) is 3.72. The Morgan fingerprint density at radius 2 is 2.06 bits per heavy atom. The van der Waals surface area contributed by atoms with Crippen molar-refractivity contribution in [3.63, 3.8) is 0 Å². The molecule has 0 aromatic heterocycles. The van der Waals surface area contributed by atoms with Gasteiger partial charge < -0.3 is 5.32 Å². The molecule has 0 aromatic rings. The quantitative estimate of drug-likeness (QED) is 0.827. The minimum absolute atomic E-state index is 0.726. The second-order valence-electron chi connectivity index (χ2n) is 5.90. The second-order valence-corrected chi connectivity index (χ2v) is 7.19. The van der Waals surface area contributed by atoms with Gasteiger partial charge in [0.25, 0.3) is 0 Å². The van der Waals surface area contributed by atoms with Crippen molar-refractivity contribution in [2.75, 3.05) is 13.1 Å². The maximum atomic E-state index is 4.62. The highest BCUT2D eigenvalue weighted by Gasteiger charge is 2.21. The van der Waals surface area contributed by atoms with Gasteiger partial charge in [0.05, 0.1) is 6.54 Å². The van der Waals surface area contributed by atoms with Gasteiger partial charge >= 0.3 is 0 Å². The molecular weight excluding hydrogens is 228 g/mol. The molecule has 2 aliphatic rings. The lowest BCUT2D eigenvalue weighted by Crippen LogP contribution is -2.27. The number of amidine groups is 1. The monoisotopic (exact) mass is 254 g/mol. The van der Waals surface area contributed by atoms with E-state index in [2.05, 4.69) is 24.2 Å². The highest BCUT2D eigenvalue weighted by atomic mass is 32.2. The molecule has 1 aliphatic carbocycles. The standard InChI is InChI=1S/C14H26N2S/c1-11(2)8-13-10-16-14(17-13)15-9-12-6-4-3-5-7-12/h11-13H,3-10H2,1-2H3,(H,15,16). The van der Waals surface area contributed by atoms with Crippen molar-refractivity contribution in [2.24, 2.45) is 16.8 Å². The van der Waals surface area contributed by atoms with Gasteiger partial charge in [0, 0.05) is 11.8 Å². The normalized spacial score (nSPS) is 26.3. The minimum atomic E-state index is 0.726. The first kappa shape index (κ1) is 13.3. The maximum Gasteiger partial charge on any atom is 0.156 e. The molecule has 1 unspecified atom stereocenters. The molecule has 1 heterocycles. The highest BCUT2D eigenvalue weighted by Crippen LogP contribution is 2.27. The molecule has 0 radical (unpaired) electrons. The van der Waals surface area contributed by atoms with Crippen LogP contribution in [0.25, 0.3) is 0 Å². The zero-order valence-corrected chi connectivity index (χ0v) is 12.1. The first-order valence-electron chi connectivity index (χ1n) is 7.19. The predicted molar refractivity (Wildman–Crippen MR) is 77.7 cm³/mol. The fourth-order valence-corrected chi connectivity index (χ4v) is 4.05. The minimum Gasteiger partial charge on any atom is -0.365 e. The van der Waals surface area contributed by atoms with E-state index in [4.69, 9.17) is 0 Å². The molecule has 2 rings (SSSR count). The van der Waals surface area contributed by atoms with Crippen LogP contribution in [-0.2, 0) is 0 Å². The Kier molecular flexibility index (Phi) is 5.20. The number of thioether (sulfide) groups is 1. The summed E-state index contributed by atoms with van der Waals surface area (Å²) in [7, 11) is 0. The van der Waals surface area contributed by atoms with Crippen molar-refractivity contribution in [1.82, 2.24) is 5.32 Å². The van der Waals surface area contributed by atoms with Gasteiger partial charge in [0.1, 0.15) is 0 Å². The second kappa shape index (κ2) is 6.67.